The van der Waals surface area contributed by atoms with Crippen LogP contribution < -0.4 is 5.73 Å². The molecule has 0 fully saturated rings. The molecule has 2 rings (SSSR count). The summed E-state index contributed by atoms with van der Waals surface area (Å²) in [6, 6.07) is 6.04. The summed E-state index contributed by atoms with van der Waals surface area (Å²) in [5.41, 5.74) is 9.04. The van der Waals surface area contributed by atoms with Crippen LogP contribution in [-0.4, -0.2) is 9.55 Å². The van der Waals surface area contributed by atoms with E-state index < -0.39 is 0 Å². The van der Waals surface area contributed by atoms with Crippen LogP contribution in [0.15, 0.2) is 24.4 Å². The molecule has 0 bridgehead atoms. The molecular formula is C12H14ClN3. The van der Waals surface area contributed by atoms with E-state index in [4.69, 9.17) is 17.3 Å². The van der Waals surface area contributed by atoms with Crippen molar-refractivity contribution < 1.29 is 0 Å². The Labute approximate surface area is 99.9 Å². The monoisotopic (exact) mass is 235 g/mol. The zero-order valence-electron chi connectivity index (χ0n) is 9.37. The molecule has 2 aromatic rings. The van der Waals surface area contributed by atoms with Crippen LogP contribution >= 0.6 is 11.6 Å². The molecule has 0 spiro atoms. The highest BCUT2D eigenvalue weighted by molar-refractivity contribution is 6.31. The van der Waals surface area contributed by atoms with Crippen molar-refractivity contribution in [3.63, 3.8) is 0 Å². The zero-order chi connectivity index (χ0) is 11.7. The van der Waals surface area contributed by atoms with Gasteiger partial charge < -0.3 is 10.3 Å². The molecule has 1 aromatic heterocycles. The van der Waals surface area contributed by atoms with Crippen LogP contribution in [0.1, 0.15) is 16.8 Å². The standard InChI is InChI=1S/C12H14ClN3/c1-8-3-4-10(5-11(8)13)7-16-9(2)6-15-12(16)14/h3-6H,7H2,1-2H3,(H2,14,15). The summed E-state index contributed by atoms with van der Waals surface area (Å²) >= 11 is 6.08. The maximum absolute atomic E-state index is 6.08. The number of halogens is 1. The third-order valence-corrected chi connectivity index (χ3v) is 3.07. The van der Waals surface area contributed by atoms with Crippen molar-refractivity contribution in [2.24, 2.45) is 0 Å². The fourth-order valence-electron chi connectivity index (χ4n) is 1.60. The van der Waals surface area contributed by atoms with Crippen molar-refractivity contribution in [3.8, 4) is 0 Å². The molecule has 2 N–H and O–H groups in total. The minimum atomic E-state index is 0.536. The second-order valence-electron chi connectivity index (χ2n) is 3.93. The van der Waals surface area contributed by atoms with Gasteiger partial charge in [-0.25, -0.2) is 4.98 Å². The Morgan fingerprint density at radius 3 is 2.69 bits per heavy atom. The van der Waals surface area contributed by atoms with E-state index >= 15 is 0 Å². The molecular weight excluding hydrogens is 222 g/mol. The Morgan fingerprint density at radius 1 is 1.38 bits per heavy atom. The number of rotatable bonds is 2. The van der Waals surface area contributed by atoms with Gasteiger partial charge in [-0.15, -0.1) is 0 Å². The average Bonchev–Trinajstić information content (AvgIpc) is 2.55. The van der Waals surface area contributed by atoms with Crippen LogP contribution in [0.25, 0.3) is 0 Å². The van der Waals surface area contributed by atoms with E-state index in [2.05, 4.69) is 11.1 Å². The van der Waals surface area contributed by atoms with Crippen molar-refractivity contribution in [1.29, 1.82) is 0 Å². The van der Waals surface area contributed by atoms with Crippen LogP contribution in [0.3, 0.4) is 0 Å². The van der Waals surface area contributed by atoms with E-state index in [0.717, 1.165) is 21.8 Å². The molecule has 3 nitrogen and oxygen atoms in total. The van der Waals surface area contributed by atoms with Crippen LogP contribution in [0.4, 0.5) is 5.95 Å². The molecule has 1 heterocycles. The molecule has 0 aliphatic carbocycles. The lowest BCUT2D eigenvalue weighted by molar-refractivity contribution is 0.783. The molecule has 1 aromatic carbocycles. The van der Waals surface area contributed by atoms with Crippen LogP contribution in [0, 0.1) is 13.8 Å². The molecule has 16 heavy (non-hydrogen) atoms. The second kappa shape index (κ2) is 4.18. The average molecular weight is 236 g/mol. The Balaban J connectivity index is 2.31. The van der Waals surface area contributed by atoms with E-state index in [1.807, 2.05) is 30.5 Å². The summed E-state index contributed by atoms with van der Waals surface area (Å²) in [7, 11) is 0. The Hall–Kier alpha value is -1.48. The van der Waals surface area contributed by atoms with E-state index in [1.54, 1.807) is 6.20 Å². The third-order valence-electron chi connectivity index (χ3n) is 2.66. The number of nitrogens with zero attached hydrogens (tertiary/aromatic N) is 2. The summed E-state index contributed by atoms with van der Waals surface area (Å²) in [5.74, 6) is 0.536. The number of imidazole rings is 1. The number of nitrogen functional groups attached to an aromatic ring is 1. The molecule has 4 heteroatoms. The molecule has 0 aliphatic heterocycles. The molecule has 0 aliphatic rings. The van der Waals surface area contributed by atoms with E-state index in [-0.39, 0.29) is 0 Å². The van der Waals surface area contributed by atoms with Gasteiger partial charge in [0.2, 0.25) is 5.95 Å². The van der Waals surface area contributed by atoms with Crippen molar-refractivity contribution >= 4 is 17.5 Å². The maximum atomic E-state index is 6.08. The number of hydrogen-bond acceptors (Lipinski definition) is 2. The minimum absolute atomic E-state index is 0.536. The zero-order valence-corrected chi connectivity index (χ0v) is 10.1. The Bertz CT molecular complexity index is 497. The molecule has 84 valence electrons. The molecule has 0 saturated carbocycles. The van der Waals surface area contributed by atoms with E-state index in [0.29, 0.717) is 12.5 Å². The van der Waals surface area contributed by atoms with Gasteiger partial charge in [0.05, 0.1) is 12.7 Å². The number of nitrogens with two attached hydrogens (primary N) is 1. The third kappa shape index (κ3) is 2.04. The number of hydrogen-bond donors (Lipinski definition) is 1. The molecule has 0 saturated heterocycles. The Morgan fingerprint density at radius 2 is 2.12 bits per heavy atom. The first-order chi connectivity index (χ1) is 7.58. The summed E-state index contributed by atoms with van der Waals surface area (Å²) in [5, 5.41) is 0.786. The van der Waals surface area contributed by atoms with Crippen LogP contribution in [0.2, 0.25) is 5.02 Å². The second-order valence-corrected chi connectivity index (χ2v) is 4.33. The predicted molar refractivity (Wildman–Crippen MR) is 66.7 cm³/mol. The highest BCUT2D eigenvalue weighted by Gasteiger charge is 2.05. The fraction of sp³-hybridized carbons (Fsp3) is 0.250. The van der Waals surface area contributed by atoms with E-state index in [9.17, 15) is 0 Å². The first-order valence-corrected chi connectivity index (χ1v) is 5.48. The van der Waals surface area contributed by atoms with Gasteiger partial charge in [0, 0.05) is 10.7 Å². The topological polar surface area (TPSA) is 43.8 Å². The number of benzene rings is 1. The lowest BCUT2D eigenvalue weighted by Gasteiger charge is -2.08. The number of anilines is 1. The number of aromatic nitrogens is 2. The minimum Gasteiger partial charge on any atom is -0.369 e. The Kier molecular flexibility index (Phi) is 2.88. The SMILES string of the molecule is Cc1ccc(Cn2c(C)cnc2N)cc1Cl. The van der Waals surface area contributed by atoms with Crippen molar-refractivity contribution in [3.05, 3.63) is 46.2 Å². The maximum Gasteiger partial charge on any atom is 0.200 e. The quantitative estimate of drug-likeness (QED) is 0.870. The van der Waals surface area contributed by atoms with Gasteiger partial charge >= 0.3 is 0 Å². The summed E-state index contributed by atoms with van der Waals surface area (Å²) in [4.78, 5) is 4.06. The van der Waals surface area contributed by atoms with E-state index in [1.165, 1.54) is 0 Å². The lowest BCUT2D eigenvalue weighted by atomic mass is 10.1. The summed E-state index contributed by atoms with van der Waals surface area (Å²) in [6.07, 6.45) is 1.77. The predicted octanol–water partition coefficient (Wildman–Crippen LogP) is 2.78. The highest BCUT2D eigenvalue weighted by atomic mass is 35.5. The normalized spacial score (nSPS) is 10.7. The smallest absolute Gasteiger partial charge is 0.200 e. The fourth-order valence-corrected chi connectivity index (χ4v) is 1.81. The van der Waals surface area contributed by atoms with Gasteiger partial charge in [-0.1, -0.05) is 23.7 Å². The molecule has 0 atom stereocenters. The van der Waals surface area contributed by atoms with Crippen LogP contribution in [-0.2, 0) is 6.54 Å². The summed E-state index contributed by atoms with van der Waals surface area (Å²) < 4.78 is 1.96. The first kappa shape index (κ1) is 11.0. The lowest BCUT2D eigenvalue weighted by Crippen LogP contribution is -2.06. The molecule has 0 radical (unpaired) electrons. The van der Waals surface area contributed by atoms with Gasteiger partial charge in [-0.05, 0) is 31.0 Å². The van der Waals surface area contributed by atoms with Crippen molar-refractivity contribution in [2.45, 2.75) is 20.4 Å². The number of aryl methyl sites for hydroxylation is 2. The first-order valence-electron chi connectivity index (χ1n) is 5.10. The summed E-state index contributed by atoms with van der Waals surface area (Å²) in [6.45, 7) is 4.68. The van der Waals surface area contributed by atoms with Gasteiger partial charge in [0.25, 0.3) is 0 Å². The van der Waals surface area contributed by atoms with Crippen molar-refractivity contribution in [1.82, 2.24) is 9.55 Å². The van der Waals surface area contributed by atoms with Gasteiger partial charge in [-0.2, -0.15) is 0 Å². The molecule has 0 unspecified atom stereocenters. The largest absolute Gasteiger partial charge is 0.369 e. The van der Waals surface area contributed by atoms with Gasteiger partial charge in [-0.3, -0.25) is 0 Å². The van der Waals surface area contributed by atoms with Gasteiger partial charge in [0.1, 0.15) is 0 Å². The van der Waals surface area contributed by atoms with Gasteiger partial charge in [0.15, 0.2) is 0 Å². The highest BCUT2D eigenvalue weighted by Crippen LogP contribution is 2.18. The van der Waals surface area contributed by atoms with Crippen LogP contribution in [0.5, 0.6) is 0 Å². The van der Waals surface area contributed by atoms with Crippen molar-refractivity contribution in [2.75, 3.05) is 5.73 Å². The molecule has 0 amide bonds.